The summed E-state index contributed by atoms with van der Waals surface area (Å²) < 4.78 is 14.7. The SMILES string of the molecule is Cn1ccc(C(=O)NNc2ccccc2F)n1. The van der Waals surface area contributed by atoms with Gasteiger partial charge in [-0.2, -0.15) is 5.10 Å². The monoisotopic (exact) mass is 234 g/mol. The van der Waals surface area contributed by atoms with Crippen LogP contribution in [0.25, 0.3) is 0 Å². The Kier molecular flexibility index (Phi) is 3.04. The molecule has 0 bridgehead atoms. The van der Waals surface area contributed by atoms with Gasteiger partial charge in [-0.1, -0.05) is 12.1 Å². The topological polar surface area (TPSA) is 59.0 Å². The molecule has 2 rings (SSSR count). The fourth-order valence-corrected chi connectivity index (χ4v) is 1.29. The number of nitrogens with zero attached hydrogens (tertiary/aromatic N) is 2. The number of carbonyl (C=O) groups excluding carboxylic acids is 1. The van der Waals surface area contributed by atoms with Crippen molar-refractivity contribution in [3.63, 3.8) is 0 Å². The molecular weight excluding hydrogens is 223 g/mol. The smallest absolute Gasteiger partial charge is 0.290 e. The Morgan fingerprint density at radius 2 is 2.12 bits per heavy atom. The molecule has 0 unspecified atom stereocenters. The van der Waals surface area contributed by atoms with Crippen molar-refractivity contribution in [3.8, 4) is 0 Å². The number of para-hydroxylation sites is 1. The van der Waals surface area contributed by atoms with E-state index in [0.29, 0.717) is 0 Å². The number of rotatable bonds is 3. The maximum absolute atomic E-state index is 13.2. The van der Waals surface area contributed by atoms with Gasteiger partial charge in [0.25, 0.3) is 5.91 Å². The van der Waals surface area contributed by atoms with Crippen molar-refractivity contribution in [2.45, 2.75) is 0 Å². The number of halogens is 1. The molecule has 1 heterocycles. The molecule has 0 aliphatic rings. The van der Waals surface area contributed by atoms with Crippen LogP contribution in [0, 0.1) is 5.82 Å². The lowest BCUT2D eigenvalue weighted by atomic mass is 10.3. The Labute approximate surface area is 97.2 Å². The van der Waals surface area contributed by atoms with Gasteiger partial charge in [0.15, 0.2) is 5.69 Å². The number of amides is 1. The molecule has 0 spiro atoms. The van der Waals surface area contributed by atoms with E-state index in [0.717, 1.165) is 0 Å². The standard InChI is InChI=1S/C11H11FN4O/c1-16-7-6-10(15-16)11(17)14-13-9-5-3-2-4-8(9)12/h2-7,13H,1H3,(H,14,17). The molecule has 2 aromatic rings. The quantitative estimate of drug-likeness (QED) is 0.787. The zero-order valence-electron chi connectivity index (χ0n) is 9.14. The van der Waals surface area contributed by atoms with Crippen LogP contribution in [0.4, 0.5) is 10.1 Å². The summed E-state index contributed by atoms with van der Waals surface area (Å²) in [6.45, 7) is 0. The van der Waals surface area contributed by atoms with E-state index in [1.165, 1.54) is 16.8 Å². The summed E-state index contributed by atoms with van der Waals surface area (Å²) in [6.07, 6.45) is 1.65. The Hall–Kier alpha value is -2.37. The second-order valence-electron chi connectivity index (χ2n) is 3.43. The predicted octanol–water partition coefficient (Wildman–Crippen LogP) is 1.32. The Bertz CT molecular complexity index is 538. The third kappa shape index (κ3) is 2.60. The second-order valence-corrected chi connectivity index (χ2v) is 3.43. The summed E-state index contributed by atoms with van der Waals surface area (Å²) in [6, 6.07) is 7.63. The van der Waals surface area contributed by atoms with Crippen LogP contribution < -0.4 is 10.9 Å². The van der Waals surface area contributed by atoms with Crippen molar-refractivity contribution < 1.29 is 9.18 Å². The highest BCUT2D eigenvalue weighted by Crippen LogP contribution is 2.10. The number of hydrogen-bond acceptors (Lipinski definition) is 3. The zero-order chi connectivity index (χ0) is 12.3. The number of nitrogens with one attached hydrogen (secondary N) is 2. The van der Waals surface area contributed by atoms with Crippen LogP contribution in [-0.4, -0.2) is 15.7 Å². The van der Waals surface area contributed by atoms with Crippen LogP contribution >= 0.6 is 0 Å². The fourth-order valence-electron chi connectivity index (χ4n) is 1.29. The second kappa shape index (κ2) is 4.65. The minimum absolute atomic E-state index is 0.205. The maximum Gasteiger partial charge on any atom is 0.290 e. The third-order valence-corrected chi connectivity index (χ3v) is 2.13. The van der Waals surface area contributed by atoms with Gasteiger partial charge >= 0.3 is 0 Å². The summed E-state index contributed by atoms with van der Waals surface area (Å²) >= 11 is 0. The molecule has 1 aromatic heterocycles. The van der Waals surface area contributed by atoms with E-state index < -0.39 is 11.7 Å². The van der Waals surface area contributed by atoms with Gasteiger partial charge in [0.2, 0.25) is 0 Å². The molecule has 88 valence electrons. The van der Waals surface area contributed by atoms with Crippen molar-refractivity contribution >= 4 is 11.6 Å². The zero-order valence-corrected chi connectivity index (χ0v) is 9.14. The molecule has 1 amide bonds. The summed E-state index contributed by atoms with van der Waals surface area (Å²) in [5.41, 5.74) is 5.33. The first-order valence-corrected chi connectivity index (χ1v) is 4.97. The van der Waals surface area contributed by atoms with Crippen LogP contribution in [0.5, 0.6) is 0 Å². The van der Waals surface area contributed by atoms with Crippen LogP contribution in [0.2, 0.25) is 0 Å². The van der Waals surface area contributed by atoms with Crippen molar-refractivity contribution in [1.29, 1.82) is 0 Å². The summed E-state index contributed by atoms with van der Waals surface area (Å²) in [7, 11) is 1.71. The minimum Gasteiger partial charge on any atom is -0.295 e. The van der Waals surface area contributed by atoms with E-state index >= 15 is 0 Å². The van der Waals surface area contributed by atoms with Gasteiger partial charge in [-0.3, -0.25) is 20.3 Å². The minimum atomic E-state index is -0.436. The van der Waals surface area contributed by atoms with Crippen LogP contribution in [0.1, 0.15) is 10.5 Å². The molecule has 0 saturated heterocycles. The molecule has 0 radical (unpaired) electrons. The van der Waals surface area contributed by atoms with Gasteiger partial charge in [-0.15, -0.1) is 0 Å². The van der Waals surface area contributed by atoms with Gasteiger partial charge in [0, 0.05) is 13.2 Å². The van der Waals surface area contributed by atoms with Gasteiger partial charge in [0.1, 0.15) is 5.82 Å². The molecule has 0 aliphatic carbocycles. The fraction of sp³-hybridized carbons (Fsp3) is 0.0909. The summed E-state index contributed by atoms with van der Waals surface area (Å²) in [5.74, 6) is -0.859. The lowest BCUT2D eigenvalue weighted by Crippen LogP contribution is -2.30. The largest absolute Gasteiger partial charge is 0.295 e. The lowest BCUT2D eigenvalue weighted by molar-refractivity contribution is 0.0957. The van der Waals surface area contributed by atoms with Gasteiger partial charge < -0.3 is 0 Å². The van der Waals surface area contributed by atoms with E-state index in [4.69, 9.17) is 0 Å². The molecule has 0 aliphatic heterocycles. The van der Waals surface area contributed by atoms with Gasteiger partial charge in [-0.05, 0) is 18.2 Å². The van der Waals surface area contributed by atoms with Gasteiger partial charge in [-0.25, -0.2) is 4.39 Å². The van der Waals surface area contributed by atoms with Crippen molar-refractivity contribution in [1.82, 2.24) is 15.2 Å². The van der Waals surface area contributed by atoms with Crippen LogP contribution in [0.3, 0.4) is 0 Å². The van der Waals surface area contributed by atoms with E-state index in [9.17, 15) is 9.18 Å². The maximum atomic E-state index is 13.2. The molecular formula is C11H11FN4O. The molecule has 17 heavy (non-hydrogen) atoms. The Morgan fingerprint density at radius 1 is 1.35 bits per heavy atom. The molecule has 5 nitrogen and oxygen atoms in total. The highest BCUT2D eigenvalue weighted by atomic mass is 19.1. The number of hydrazine groups is 1. The third-order valence-electron chi connectivity index (χ3n) is 2.13. The average molecular weight is 234 g/mol. The Balaban J connectivity index is 1.99. The first kappa shape index (κ1) is 11.1. The summed E-state index contributed by atoms with van der Waals surface area (Å²) in [5, 5.41) is 3.92. The molecule has 0 fully saturated rings. The molecule has 6 heteroatoms. The number of aromatic nitrogens is 2. The predicted molar refractivity (Wildman–Crippen MR) is 60.7 cm³/mol. The van der Waals surface area contributed by atoms with E-state index in [-0.39, 0.29) is 11.4 Å². The lowest BCUT2D eigenvalue weighted by Gasteiger charge is -2.07. The van der Waals surface area contributed by atoms with Gasteiger partial charge in [0.05, 0.1) is 5.69 Å². The number of benzene rings is 1. The van der Waals surface area contributed by atoms with E-state index in [1.807, 2.05) is 0 Å². The highest BCUT2D eigenvalue weighted by Gasteiger charge is 2.08. The molecule has 2 N–H and O–H groups in total. The number of aryl methyl sites for hydroxylation is 1. The highest BCUT2D eigenvalue weighted by molar-refractivity contribution is 5.92. The van der Waals surface area contributed by atoms with Crippen LogP contribution in [-0.2, 0) is 7.05 Å². The summed E-state index contributed by atoms with van der Waals surface area (Å²) in [4.78, 5) is 11.6. The number of carbonyl (C=O) groups is 1. The first-order chi connectivity index (χ1) is 8.16. The van der Waals surface area contributed by atoms with Crippen molar-refractivity contribution in [2.75, 3.05) is 5.43 Å². The average Bonchev–Trinajstić information content (AvgIpc) is 2.74. The van der Waals surface area contributed by atoms with Crippen molar-refractivity contribution in [3.05, 3.63) is 48.0 Å². The first-order valence-electron chi connectivity index (χ1n) is 4.97. The van der Waals surface area contributed by atoms with Crippen LogP contribution in [0.15, 0.2) is 36.5 Å². The molecule has 1 aromatic carbocycles. The van der Waals surface area contributed by atoms with Crippen molar-refractivity contribution in [2.24, 2.45) is 7.05 Å². The molecule has 0 saturated carbocycles. The Morgan fingerprint density at radius 3 is 2.76 bits per heavy atom. The number of anilines is 1. The van der Waals surface area contributed by atoms with E-state index in [2.05, 4.69) is 16.0 Å². The van der Waals surface area contributed by atoms with E-state index in [1.54, 1.807) is 31.4 Å². The normalized spacial score (nSPS) is 10.0. The number of hydrogen-bond donors (Lipinski definition) is 2. The molecule has 0 atom stereocenters.